The predicted molar refractivity (Wildman–Crippen MR) is 218 cm³/mol. The first-order valence-electron chi connectivity index (χ1n) is 16.8. The highest BCUT2D eigenvalue weighted by Gasteiger charge is 2.17. The lowest BCUT2D eigenvalue weighted by Gasteiger charge is -2.10. The van der Waals surface area contributed by atoms with Crippen molar-refractivity contribution in [3.05, 3.63) is 185 Å². The minimum absolute atomic E-state index is 0.758. The fourth-order valence-corrected chi connectivity index (χ4v) is 7.56. The quantitative estimate of drug-likeness (QED) is 0.184. The topological polar surface area (TPSA) is 43.0 Å². The summed E-state index contributed by atoms with van der Waals surface area (Å²) in [6.45, 7) is 4.22. The molecule has 0 radical (unpaired) electrons. The SMILES string of the molecule is CN/C=C(\N)c1ccccc1.Cc1ccc(-n2c3ccccc3c3ccc(-c4cccc5c6c(sc45)C=C=C6)cc32)cc1.Cc1ccccc1. The first kappa shape index (κ1) is 32.5. The monoisotopic (exact) mass is 665 g/mol. The number of benzene rings is 6. The molecule has 0 aliphatic heterocycles. The molecule has 0 unspecified atom stereocenters. The highest BCUT2D eigenvalue weighted by Crippen LogP contribution is 2.42. The molecule has 1 aliphatic rings. The van der Waals surface area contributed by atoms with E-state index in [1.165, 1.54) is 70.3 Å². The van der Waals surface area contributed by atoms with E-state index in [1.54, 1.807) is 6.20 Å². The molecule has 0 amide bonds. The average molecular weight is 666 g/mol. The maximum absolute atomic E-state index is 5.70. The summed E-state index contributed by atoms with van der Waals surface area (Å²) in [5.41, 5.74) is 20.9. The van der Waals surface area contributed by atoms with Gasteiger partial charge in [0.1, 0.15) is 0 Å². The van der Waals surface area contributed by atoms with Gasteiger partial charge in [-0.1, -0.05) is 132 Å². The Balaban J connectivity index is 0.000000179. The lowest BCUT2D eigenvalue weighted by atomic mass is 10.0. The number of hydrogen-bond acceptors (Lipinski definition) is 3. The zero-order valence-electron chi connectivity index (χ0n) is 28.5. The largest absolute Gasteiger partial charge is 0.397 e. The van der Waals surface area contributed by atoms with Crippen molar-refractivity contribution in [2.75, 3.05) is 7.05 Å². The summed E-state index contributed by atoms with van der Waals surface area (Å²) < 4.78 is 3.75. The molecule has 1 aliphatic carbocycles. The van der Waals surface area contributed by atoms with Crippen molar-refractivity contribution in [1.29, 1.82) is 0 Å². The van der Waals surface area contributed by atoms with Crippen molar-refractivity contribution in [1.82, 2.24) is 9.88 Å². The van der Waals surface area contributed by atoms with Gasteiger partial charge < -0.3 is 15.6 Å². The number of thiophene rings is 1. The third-order valence-electron chi connectivity index (χ3n) is 8.85. The van der Waals surface area contributed by atoms with Crippen molar-refractivity contribution in [3.8, 4) is 16.8 Å². The van der Waals surface area contributed by atoms with Gasteiger partial charge in [-0.3, -0.25) is 0 Å². The zero-order valence-corrected chi connectivity index (χ0v) is 29.3. The highest BCUT2D eigenvalue weighted by molar-refractivity contribution is 7.20. The normalized spacial score (nSPS) is 11.6. The van der Waals surface area contributed by atoms with E-state index in [1.807, 2.05) is 66.9 Å². The fourth-order valence-electron chi connectivity index (χ4n) is 6.35. The summed E-state index contributed by atoms with van der Waals surface area (Å²) >= 11 is 1.86. The minimum atomic E-state index is 0.758. The van der Waals surface area contributed by atoms with Crippen molar-refractivity contribution in [3.63, 3.8) is 0 Å². The van der Waals surface area contributed by atoms with Gasteiger partial charge in [0.2, 0.25) is 0 Å². The molecule has 8 aromatic rings. The van der Waals surface area contributed by atoms with Gasteiger partial charge in [-0.25, -0.2) is 0 Å². The lowest BCUT2D eigenvalue weighted by molar-refractivity contribution is 1.10. The maximum Gasteiger partial charge on any atom is 0.0547 e. The van der Waals surface area contributed by atoms with Gasteiger partial charge in [0, 0.05) is 50.2 Å². The summed E-state index contributed by atoms with van der Waals surface area (Å²) in [5, 5.41) is 6.78. The number of aryl methyl sites for hydroxylation is 2. The van der Waals surface area contributed by atoms with Crippen molar-refractivity contribution in [2.45, 2.75) is 13.8 Å². The van der Waals surface area contributed by atoms with Crippen LogP contribution < -0.4 is 11.1 Å². The maximum atomic E-state index is 5.70. The van der Waals surface area contributed by atoms with Gasteiger partial charge in [0.25, 0.3) is 0 Å². The van der Waals surface area contributed by atoms with Crippen LogP contribution in [0.15, 0.2) is 158 Å². The second-order valence-electron chi connectivity index (χ2n) is 12.3. The summed E-state index contributed by atoms with van der Waals surface area (Å²) in [4.78, 5) is 1.31. The molecule has 244 valence electrons. The number of nitrogens with zero attached hydrogens (tertiary/aromatic N) is 1. The van der Waals surface area contributed by atoms with Crippen molar-refractivity contribution < 1.29 is 0 Å². The number of aromatic nitrogens is 1. The third-order valence-corrected chi connectivity index (χ3v) is 10.1. The van der Waals surface area contributed by atoms with Crippen LogP contribution in [0.4, 0.5) is 0 Å². The molecule has 6 aromatic carbocycles. The first-order valence-corrected chi connectivity index (χ1v) is 17.6. The second-order valence-corrected chi connectivity index (χ2v) is 13.4. The van der Waals surface area contributed by atoms with Crippen LogP contribution in [0.1, 0.15) is 27.1 Å². The third kappa shape index (κ3) is 6.63. The summed E-state index contributed by atoms with van der Waals surface area (Å²) in [5.74, 6) is 0. The molecular formula is C46H39N3S. The van der Waals surface area contributed by atoms with Crippen molar-refractivity contribution >= 4 is 61.1 Å². The number of rotatable bonds is 4. The molecule has 3 N–H and O–H groups in total. The number of hydrogen-bond donors (Lipinski definition) is 2. The molecule has 2 aromatic heterocycles. The van der Waals surface area contributed by atoms with Crippen molar-refractivity contribution in [2.24, 2.45) is 5.73 Å². The Morgan fingerprint density at radius 2 is 1.32 bits per heavy atom. The highest BCUT2D eigenvalue weighted by atomic mass is 32.1. The van der Waals surface area contributed by atoms with Crippen LogP contribution in [0.5, 0.6) is 0 Å². The Kier molecular flexibility index (Phi) is 9.48. The molecule has 0 atom stereocenters. The summed E-state index contributed by atoms with van der Waals surface area (Å²) in [7, 11) is 1.83. The Morgan fingerprint density at radius 1 is 0.660 bits per heavy atom. The molecule has 0 fully saturated rings. The minimum Gasteiger partial charge on any atom is -0.397 e. The number of nitrogens with two attached hydrogens (primary N) is 1. The Morgan fingerprint density at radius 3 is 2.04 bits per heavy atom. The van der Waals surface area contributed by atoms with Crippen LogP contribution in [0.2, 0.25) is 0 Å². The lowest BCUT2D eigenvalue weighted by Crippen LogP contribution is -2.02. The van der Waals surface area contributed by atoms with E-state index in [0.29, 0.717) is 0 Å². The Labute approximate surface area is 298 Å². The van der Waals surface area contributed by atoms with E-state index in [2.05, 4.69) is 139 Å². The summed E-state index contributed by atoms with van der Waals surface area (Å²) in [6, 6.07) is 51.2. The van der Waals surface area contributed by atoms with Gasteiger partial charge in [0.15, 0.2) is 0 Å². The van der Waals surface area contributed by atoms with Crippen LogP contribution in [-0.4, -0.2) is 11.6 Å². The van der Waals surface area contributed by atoms with Gasteiger partial charge in [0.05, 0.1) is 16.7 Å². The smallest absolute Gasteiger partial charge is 0.0547 e. The van der Waals surface area contributed by atoms with Gasteiger partial charge in [-0.15, -0.1) is 17.1 Å². The Hall–Kier alpha value is -6.06. The number of nitrogens with one attached hydrogen (secondary N) is 1. The number of para-hydroxylation sites is 1. The molecule has 9 rings (SSSR count). The van der Waals surface area contributed by atoms with Crippen LogP contribution in [-0.2, 0) is 0 Å². The van der Waals surface area contributed by atoms with E-state index in [9.17, 15) is 0 Å². The van der Waals surface area contributed by atoms with Crippen LogP contribution in [0, 0.1) is 13.8 Å². The number of fused-ring (bicyclic) bond motifs is 6. The standard InChI is InChI=1S/C30H19NS.C9H12N2.C7H8/c1-19-12-15-21(16-13-19)31-27-10-3-2-6-23(27)24-17-14-20(18-28(24)31)22-7-4-9-26-25-8-5-11-29(25)32-30(22)26;1-11-7-9(10)8-5-3-2-4-6-8;1-7-5-3-2-4-6-7/h2-4,6-18H,1H3;2-7,11H,10H2,1H3;2-6H,1H3/b;9-7-;. The molecule has 3 nitrogen and oxygen atoms in total. The van der Waals surface area contributed by atoms with E-state index >= 15 is 0 Å². The first-order chi connectivity index (χ1) is 24.5. The van der Waals surface area contributed by atoms with Crippen LogP contribution in [0.25, 0.3) is 66.6 Å². The molecule has 0 saturated heterocycles. The molecule has 0 spiro atoms. The zero-order chi connectivity index (χ0) is 34.5. The summed E-state index contributed by atoms with van der Waals surface area (Å²) in [6.07, 6.45) is 5.98. The molecule has 2 heterocycles. The van der Waals surface area contributed by atoms with E-state index in [4.69, 9.17) is 5.73 Å². The molecule has 0 saturated carbocycles. The second kappa shape index (κ2) is 14.6. The van der Waals surface area contributed by atoms with Crippen LogP contribution in [0.3, 0.4) is 0 Å². The van der Waals surface area contributed by atoms with E-state index < -0.39 is 0 Å². The predicted octanol–water partition coefficient (Wildman–Crippen LogP) is 11.8. The van der Waals surface area contributed by atoms with Gasteiger partial charge in [-0.05, 0) is 67.0 Å². The fraction of sp³-hybridized carbons (Fsp3) is 0.0652. The average Bonchev–Trinajstić information content (AvgIpc) is 3.85. The molecule has 4 heteroatoms. The van der Waals surface area contributed by atoms with E-state index in [0.717, 1.165) is 11.3 Å². The molecular weight excluding hydrogens is 627 g/mol. The van der Waals surface area contributed by atoms with Crippen LogP contribution >= 0.6 is 11.3 Å². The van der Waals surface area contributed by atoms with E-state index in [-0.39, 0.29) is 0 Å². The van der Waals surface area contributed by atoms with Gasteiger partial charge >= 0.3 is 0 Å². The molecule has 0 bridgehead atoms. The molecule has 50 heavy (non-hydrogen) atoms. The Bertz CT molecular complexity index is 2510. The van der Waals surface area contributed by atoms with Gasteiger partial charge in [-0.2, -0.15) is 0 Å².